The van der Waals surface area contributed by atoms with Crippen LogP contribution in [0.4, 0.5) is 0 Å². The van der Waals surface area contributed by atoms with Gasteiger partial charge in [-0.3, -0.25) is 9.48 Å². The maximum Gasteiger partial charge on any atom is 0.235 e. The van der Waals surface area contributed by atoms with E-state index in [1.807, 2.05) is 52.8 Å². The summed E-state index contributed by atoms with van der Waals surface area (Å²) < 4.78 is 19.0. The van der Waals surface area contributed by atoms with E-state index in [1.54, 1.807) is 22.9 Å². The molecule has 7 nitrogen and oxygen atoms in total. The highest BCUT2D eigenvalue weighted by Crippen LogP contribution is 2.25. The third-order valence-electron chi connectivity index (χ3n) is 5.71. The summed E-state index contributed by atoms with van der Waals surface area (Å²) in [4.78, 5) is 12.9. The molecule has 2 aromatic carbocycles. The molecule has 4 aromatic rings. The van der Waals surface area contributed by atoms with Crippen molar-refractivity contribution in [1.82, 2.24) is 9.78 Å². The van der Waals surface area contributed by atoms with Gasteiger partial charge in [0.15, 0.2) is 0 Å². The number of rotatable bonds is 7. The molecule has 4 rings (SSSR count). The van der Waals surface area contributed by atoms with Gasteiger partial charge in [0.25, 0.3) is 0 Å². The molecule has 0 amide bonds. The van der Waals surface area contributed by atoms with Crippen LogP contribution in [0.3, 0.4) is 0 Å². The monoisotopic (exact) mass is 448 g/mol. The summed E-state index contributed by atoms with van der Waals surface area (Å²) in [6, 6.07) is 10.7. The molecule has 0 spiro atoms. The maximum atomic E-state index is 12.9. The van der Waals surface area contributed by atoms with Gasteiger partial charge >= 0.3 is 0 Å². The molecular weight excluding hydrogens is 420 g/mol. The van der Waals surface area contributed by atoms with Gasteiger partial charge in [-0.15, -0.1) is 0 Å². The van der Waals surface area contributed by atoms with Gasteiger partial charge in [-0.2, -0.15) is 5.10 Å². The van der Waals surface area contributed by atoms with Gasteiger partial charge in [-0.1, -0.05) is 6.07 Å². The molecule has 0 radical (unpaired) electrons. The van der Waals surface area contributed by atoms with Crippen molar-refractivity contribution in [3.8, 4) is 17.2 Å². The van der Waals surface area contributed by atoms with Crippen LogP contribution in [0.1, 0.15) is 28.1 Å². The summed E-state index contributed by atoms with van der Waals surface area (Å²) >= 11 is 0. The highest BCUT2D eigenvalue weighted by Gasteiger charge is 2.14. The van der Waals surface area contributed by atoms with Crippen molar-refractivity contribution in [3.05, 3.63) is 81.0 Å². The van der Waals surface area contributed by atoms with Gasteiger partial charge in [0.1, 0.15) is 36.1 Å². The number of aliphatic hydroxyl groups is 1. The molecular formula is C26H28N2O5. The molecule has 0 bridgehead atoms. The van der Waals surface area contributed by atoms with E-state index in [-0.39, 0.29) is 17.8 Å². The van der Waals surface area contributed by atoms with Crippen LogP contribution < -0.4 is 14.9 Å². The number of nitrogens with zero attached hydrogens (tertiary/aromatic N) is 2. The van der Waals surface area contributed by atoms with Crippen LogP contribution in [0.15, 0.2) is 51.9 Å². The molecule has 7 heteroatoms. The molecule has 0 aliphatic rings. The number of aryl methyl sites for hydroxylation is 3. The maximum absolute atomic E-state index is 12.9. The smallest absolute Gasteiger partial charge is 0.235 e. The largest absolute Gasteiger partial charge is 0.491 e. The Balaban J connectivity index is 1.46. The fourth-order valence-corrected chi connectivity index (χ4v) is 3.78. The second-order valence-corrected chi connectivity index (χ2v) is 8.46. The van der Waals surface area contributed by atoms with Gasteiger partial charge in [0.2, 0.25) is 11.2 Å². The van der Waals surface area contributed by atoms with Crippen LogP contribution in [0, 0.1) is 34.6 Å². The number of aromatic nitrogens is 2. The summed E-state index contributed by atoms with van der Waals surface area (Å²) in [7, 11) is 0. The second-order valence-electron chi connectivity index (χ2n) is 8.46. The van der Waals surface area contributed by atoms with Crippen LogP contribution in [0.25, 0.3) is 11.0 Å². The summed E-state index contributed by atoms with van der Waals surface area (Å²) in [5.74, 6) is 1.21. The van der Waals surface area contributed by atoms with Crippen LogP contribution in [-0.2, 0) is 6.54 Å². The second kappa shape index (κ2) is 9.11. The number of fused-ring (bicyclic) bond motifs is 1. The van der Waals surface area contributed by atoms with Gasteiger partial charge in [-0.25, -0.2) is 0 Å². The Labute approximate surface area is 192 Å². The van der Waals surface area contributed by atoms with E-state index in [0.29, 0.717) is 29.0 Å². The quantitative estimate of drug-likeness (QED) is 0.439. The van der Waals surface area contributed by atoms with Crippen molar-refractivity contribution in [2.24, 2.45) is 0 Å². The Morgan fingerprint density at radius 3 is 2.42 bits per heavy atom. The Morgan fingerprint density at radius 2 is 1.76 bits per heavy atom. The number of aliphatic hydroxyl groups excluding tert-OH is 1. The van der Waals surface area contributed by atoms with Crippen molar-refractivity contribution in [1.29, 1.82) is 0 Å². The Bertz CT molecular complexity index is 1350. The zero-order valence-electron chi connectivity index (χ0n) is 19.5. The van der Waals surface area contributed by atoms with Crippen molar-refractivity contribution < 1.29 is 19.0 Å². The predicted molar refractivity (Wildman–Crippen MR) is 126 cm³/mol. The highest BCUT2D eigenvalue weighted by molar-refractivity contribution is 5.79. The molecule has 0 aliphatic carbocycles. The molecule has 2 aromatic heterocycles. The number of ether oxygens (including phenoxy) is 2. The average molecular weight is 449 g/mol. The van der Waals surface area contributed by atoms with Gasteiger partial charge in [0, 0.05) is 11.8 Å². The average Bonchev–Trinajstić information content (AvgIpc) is 3.00. The minimum atomic E-state index is -0.737. The molecule has 2 heterocycles. The lowest BCUT2D eigenvalue weighted by Crippen LogP contribution is -2.24. The first-order chi connectivity index (χ1) is 15.7. The molecule has 1 atom stereocenters. The third kappa shape index (κ3) is 4.93. The third-order valence-corrected chi connectivity index (χ3v) is 5.71. The molecule has 172 valence electrons. The zero-order valence-corrected chi connectivity index (χ0v) is 19.5. The summed E-state index contributed by atoms with van der Waals surface area (Å²) in [5.41, 5.74) is 5.31. The van der Waals surface area contributed by atoms with Crippen molar-refractivity contribution in [2.75, 3.05) is 6.61 Å². The van der Waals surface area contributed by atoms with E-state index in [4.69, 9.17) is 13.9 Å². The van der Waals surface area contributed by atoms with Crippen LogP contribution in [0.2, 0.25) is 0 Å². The van der Waals surface area contributed by atoms with E-state index in [9.17, 15) is 9.90 Å². The Kier molecular flexibility index (Phi) is 6.24. The molecule has 33 heavy (non-hydrogen) atoms. The summed E-state index contributed by atoms with van der Waals surface area (Å²) in [5, 5.41) is 15.2. The number of hydrogen-bond donors (Lipinski definition) is 1. The molecule has 0 aliphatic heterocycles. The molecule has 0 fully saturated rings. The first kappa shape index (κ1) is 22.6. The first-order valence-corrected chi connectivity index (χ1v) is 10.8. The van der Waals surface area contributed by atoms with E-state index >= 15 is 0 Å². The summed E-state index contributed by atoms with van der Waals surface area (Å²) in [6.45, 7) is 10.3. The lowest BCUT2D eigenvalue weighted by Gasteiger charge is -2.14. The zero-order chi connectivity index (χ0) is 23.7. The molecule has 0 saturated heterocycles. The molecule has 0 unspecified atom stereocenters. The van der Waals surface area contributed by atoms with Gasteiger partial charge in [0.05, 0.1) is 17.6 Å². The van der Waals surface area contributed by atoms with Gasteiger partial charge in [-0.05, 0) is 75.6 Å². The minimum absolute atomic E-state index is 0.0844. The number of hydrogen-bond acceptors (Lipinski definition) is 6. The Morgan fingerprint density at radius 1 is 1.03 bits per heavy atom. The van der Waals surface area contributed by atoms with Crippen molar-refractivity contribution in [2.45, 2.75) is 47.3 Å². The SMILES string of the molecule is Cc1cc(C)cc(Oc2coc3cc(OC[C@H](O)Cn4nc(C)c(C)c4C)ccc3c2=O)c1. The van der Waals surface area contributed by atoms with Crippen molar-refractivity contribution >= 4 is 11.0 Å². The first-order valence-electron chi connectivity index (χ1n) is 10.8. The fraction of sp³-hybridized carbons (Fsp3) is 0.308. The van der Waals surface area contributed by atoms with E-state index in [2.05, 4.69) is 5.10 Å². The standard InChI is InChI=1S/C26H28N2O5/c1-15-8-16(2)10-22(9-15)33-25-14-32-24-11-21(6-7-23(24)26(25)30)31-13-20(29)12-28-19(5)17(3)18(4)27-28/h6-11,14,20,29H,12-13H2,1-5H3/t20-/m1/s1. The molecule has 1 N–H and O–H groups in total. The minimum Gasteiger partial charge on any atom is -0.491 e. The fourth-order valence-electron chi connectivity index (χ4n) is 3.78. The van der Waals surface area contributed by atoms with Gasteiger partial charge < -0.3 is 19.0 Å². The van der Waals surface area contributed by atoms with E-state index in [1.165, 1.54) is 6.26 Å². The van der Waals surface area contributed by atoms with E-state index < -0.39 is 6.10 Å². The topological polar surface area (TPSA) is 86.7 Å². The van der Waals surface area contributed by atoms with Crippen LogP contribution in [-0.4, -0.2) is 27.6 Å². The van der Waals surface area contributed by atoms with Crippen LogP contribution >= 0.6 is 0 Å². The normalized spacial score (nSPS) is 12.2. The highest BCUT2D eigenvalue weighted by atomic mass is 16.5. The Hall–Kier alpha value is -3.58. The lowest BCUT2D eigenvalue weighted by atomic mass is 10.1. The number of benzene rings is 2. The van der Waals surface area contributed by atoms with Crippen LogP contribution in [0.5, 0.6) is 17.2 Å². The molecule has 0 saturated carbocycles. The van der Waals surface area contributed by atoms with Crippen molar-refractivity contribution in [3.63, 3.8) is 0 Å². The summed E-state index contributed by atoms with van der Waals surface area (Å²) in [6.07, 6.45) is 0.574. The van der Waals surface area contributed by atoms with E-state index in [0.717, 1.165) is 28.1 Å². The predicted octanol–water partition coefficient (Wildman–Crippen LogP) is 4.76. The lowest BCUT2D eigenvalue weighted by molar-refractivity contribution is 0.0887.